The number of hydrogen-bond donors (Lipinski definition) is 0. The van der Waals surface area contributed by atoms with Gasteiger partial charge in [-0.1, -0.05) is 11.6 Å². The van der Waals surface area contributed by atoms with Gasteiger partial charge in [-0.05, 0) is 25.1 Å². The number of aliphatic imine (C=N–C) groups is 1. The number of carbonyl (C=O) groups excluding carboxylic acids is 2. The molecule has 0 radical (unpaired) electrons. The molecule has 0 spiro atoms. The zero-order valence-corrected chi connectivity index (χ0v) is 11.4. The fourth-order valence-corrected chi connectivity index (χ4v) is 2.12. The molecule has 0 fully saturated rings. The smallest absolute Gasteiger partial charge is 0.350 e. The van der Waals surface area contributed by atoms with Gasteiger partial charge in [0.25, 0.3) is 5.91 Å². The highest BCUT2D eigenvalue weighted by atomic mass is 35.5. The first kappa shape index (κ1) is 13.5. The molecule has 2 rings (SSSR count). The van der Waals surface area contributed by atoms with Gasteiger partial charge in [0.05, 0.1) is 7.11 Å². The van der Waals surface area contributed by atoms with Gasteiger partial charge in [0.15, 0.2) is 0 Å². The summed E-state index contributed by atoms with van der Waals surface area (Å²) in [5.41, 5.74) is 0.945. The lowest BCUT2D eigenvalue weighted by Crippen LogP contribution is -2.32. The van der Waals surface area contributed by atoms with Crippen molar-refractivity contribution in [3.63, 3.8) is 0 Å². The molecule has 5 nitrogen and oxygen atoms in total. The molecule has 1 heterocycles. The van der Waals surface area contributed by atoms with E-state index in [1.54, 1.807) is 25.1 Å². The highest BCUT2D eigenvalue weighted by Crippen LogP contribution is 2.24. The first-order valence-corrected chi connectivity index (χ1v) is 6.20. The molecule has 19 heavy (non-hydrogen) atoms. The van der Waals surface area contributed by atoms with Gasteiger partial charge in [-0.15, -0.1) is 0 Å². The van der Waals surface area contributed by atoms with Crippen molar-refractivity contribution < 1.29 is 14.3 Å². The topological polar surface area (TPSA) is 59.0 Å². The van der Waals surface area contributed by atoms with Crippen LogP contribution in [0.1, 0.15) is 12.5 Å². The number of methoxy groups -OCH3 is 1. The largest absolute Gasteiger partial charge is 0.496 e. The van der Waals surface area contributed by atoms with Gasteiger partial charge in [0, 0.05) is 23.6 Å². The predicted octanol–water partition coefficient (Wildman–Crippen LogP) is 2.31. The third-order valence-electron chi connectivity index (χ3n) is 2.87. The quantitative estimate of drug-likeness (QED) is 0.850. The summed E-state index contributed by atoms with van der Waals surface area (Å²) in [6.07, 6.45) is 0.227. The van der Waals surface area contributed by atoms with Gasteiger partial charge < -0.3 is 4.74 Å². The fourth-order valence-electron chi connectivity index (χ4n) is 1.93. The van der Waals surface area contributed by atoms with E-state index in [4.69, 9.17) is 16.3 Å². The molecule has 6 heteroatoms. The summed E-state index contributed by atoms with van der Waals surface area (Å²) in [5, 5.41) is 0.542. The molecule has 1 aromatic carbocycles. The highest BCUT2D eigenvalue weighted by Gasteiger charge is 2.31. The summed E-state index contributed by atoms with van der Waals surface area (Å²) < 4.78 is 5.20. The SMILES string of the molecule is CCN1C(=O)N=C(Cc2cc(Cl)ccc2OC)C1=O. The lowest BCUT2D eigenvalue weighted by molar-refractivity contribution is -0.120. The second-order valence-electron chi connectivity index (χ2n) is 4.02. The number of amides is 3. The predicted molar refractivity (Wildman–Crippen MR) is 71.9 cm³/mol. The standard InChI is InChI=1S/C13H13ClN2O3/c1-3-16-12(17)10(15-13(16)18)7-8-6-9(14)4-5-11(8)19-2/h4-6H,3,7H2,1-2H3. The molecule has 0 bridgehead atoms. The fraction of sp³-hybridized carbons (Fsp3) is 0.308. The monoisotopic (exact) mass is 280 g/mol. The third-order valence-corrected chi connectivity index (χ3v) is 3.11. The normalized spacial score (nSPS) is 14.9. The first-order valence-electron chi connectivity index (χ1n) is 5.82. The van der Waals surface area contributed by atoms with E-state index in [0.29, 0.717) is 17.3 Å². The Balaban J connectivity index is 2.28. The van der Waals surface area contributed by atoms with Crippen LogP contribution in [0.25, 0.3) is 0 Å². The maximum atomic E-state index is 11.9. The van der Waals surface area contributed by atoms with Crippen molar-refractivity contribution in [1.29, 1.82) is 0 Å². The summed E-state index contributed by atoms with van der Waals surface area (Å²) in [4.78, 5) is 28.3. The van der Waals surface area contributed by atoms with E-state index in [9.17, 15) is 9.59 Å². The highest BCUT2D eigenvalue weighted by molar-refractivity contribution is 6.46. The molecule has 0 saturated carbocycles. The van der Waals surface area contributed by atoms with Crippen molar-refractivity contribution in [3.05, 3.63) is 28.8 Å². The van der Waals surface area contributed by atoms with Crippen LogP contribution in [0.5, 0.6) is 5.75 Å². The number of ether oxygens (including phenoxy) is 1. The maximum Gasteiger partial charge on any atom is 0.350 e. The minimum Gasteiger partial charge on any atom is -0.496 e. The van der Waals surface area contributed by atoms with Crippen LogP contribution in [0.3, 0.4) is 0 Å². The molecular weight excluding hydrogens is 268 g/mol. The first-order chi connectivity index (χ1) is 9.06. The molecule has 0 atom stereocenters. The van der Waals surface area contributed by atoms with Crippen LogP contribution in [0.4, 0.5) is 4.79 Å². The molecule has 0 aliphatic carbocycles. The van der Waals surface area contributed by atoms with Crippen molar-refractivity contribution in [2.75, 3.05) is 13.7 Å². The Morgan fingerprint density at radius 1 is 1.37 bits per heavy atom. The van der Waals surface area contributed by atoms with Crippen LogP contribution >= 0.6 is 11.6 Å². The number of urea groups is 1. The Morgan fingerprint density at radius 3 is 2.68 bits per heavy atom. The van der Waals surface area contributed by atoms with Gasteiger partial charge in [-0.2, -0.15) is 4.99 Å². The van der Waals surface area contributed by atoms with Crippen molar-refractivity contribution in [3.8, 4) is 5.75 Å². The Labute approximate surface area is 115 Å². The summed E-state index contributed by atoms with van der Waals surface area (Å²) in [5.74, 6) is 0.261. The Kier molecular flexibility index (Phi) is 3.85. The van der Waals surface area contributed by atoms with E-state index in [0.717, 1.165) is 10.5 Å². The number of benzene rings is 1. The molecule has 0 aromatic heterocycles. The van der Waals surface area contributed by atoms with Crippen LogP contribution in [0.2, 0.25) is 5.02 Å². The van der Waals surface area contributed by atoms with Gasteiger partial charge in [0.1, 0.15) is 11.5 Å². The molecule has 0 N–H and O–H groups in total. The maximum absolute atomic E-state index is 11.9. The van der Waals surface area contributed by atoms with Crippen LogP contribution in [0, 0.1) is 0 Å². The van der Waals surface area contributed by atoms with Crippen LogP contribution < -0.4 is 4.74 Å². The van der Waals surface area contributed by atoms with Crippen LogP contribution in [-0.4, -0.2) is 36.2 Å². The van der Waals surface area contributed by atoms with Gasteiger partial charge in [-0.3, -0.25) is 9.69 Å². The number of imide groups is 1. The van der Waals surface area contributed by atoms with E-state index in [2.05, 4.69) is 4.99 Å². The zero-order chi connectivity index (χ0) is 14.0. The lowest BCUT2D eigenvalue weighted by Gasteiger charge is -2.10. The number of carbonyl (C=O) groups is 2. The minimum atomic E-state index is -0.511. The molecular formula is C13H13ClN2O3. The molecule has 1 aliphatic rings. The van der Waals surface area contributed by atoms with Gasteiger partial charge in [-0.25, -0.2) is 4.79 Å². The van der Waals surface area contributed by atoms with Crippen LogP contribution in [0.15, 0.2) is 23.2 Å². The number of hydrogen-bond acceptors (Lipinski definition) is 3. The summed E-state index contributed by atoms with van der Waals surface area (Å²) in [6.45, 7) is 2.05. The molecule has 1 aromatic rings. The average molecular weight is 281 g/mol. The van der Waals surface area contributed by atoms with E-state index in [-0.39, 0.29) is 18.0 Å². The summed E-state index contributed by atoms with van der Waals surface area (Å²) >= 11 is 5.92. The van der Waals surface area contributed by atoms with Crippen LogP contribution in [-0.2, 0) is 11.2 Å². The summed E-state index contributed by atoms with van der Waals surface area (Å²) in [6, 6.07) is 4.61. The van der Waals surface area contributed by atoms with Crippen molar-refractivity contribution >= 4 is 29.3 Å². The third kappa shape index (κ3) is 2.61. The minimum absolute atomic E-state index is 0.215. The molecule has 100 valence electrons. The molecule has 1 aliphatic heterocycles. The molecule has 0 saturated heterocycles. The second-order valence-corrected chi connectivity index (χ2v) is 4.46. The van der Waals surface area contributed by atoms with Gasteiger partial charge in [0.2, 0.25) is 0 Å². The Morgan fingerprint density at radius 2 is 2.11 bits per heavy atom. The van der Waals surface area contributed by atoms with Crippen molar-refractivity contribution in [2.45, 2.75) is 13.3 Å². The van der Waals surface area contributed by atoms with Crippen molar-refractivity contribution in [2.24, 2.45) is 4.99 Å². The molecule has 3 amide bonds. The summed E-state index contributed by atoms with van der Waals surface area (Å²) in [7, 11) is 1.54. The second kappa shape index (κ2) is 5.40. The van der Waals surface area contributed by atoms with E-state index in [1.807, 2.05) is 0 Å². The van der Waals surface area contributed by atoms with E-state index in [1.165, 1.54) is 7.11 Å². The lowest BCUT2D eigenvalue weighted by atomic mass is 10.1. The number of nitrogens with zero attached hydrogens (tertiary/aromatic N) is 2. The number of rotatable bonds is 4. The van der Waals surface area contributed by atoms with Crippen molar-refractivity contribution in [1.82, 2.24) is 4.90 Å². The van der Waals surface area contributed by atoms with Gasteiger partial charge >= 0.3 is 6.03 Å². The Hall–Kier alpha value is -1.88. The average Bonchev–Trinajstić information content (AvgIpc) is 2.64. The number of halogens is 1. The molecule has 0 unspecified atom stereocenters. The zero-order valence-electron chi connectivity index (χ0n) is 10.6. The van der Waals surface area contributed by atoms with E-state index < -0.39 is 6.03 Å². The Bertz CT molecular complexity index is 569. The van der Waals surface area contributed by atoms with E-state index >= 15 is 0 Å².